The van der Waals surface area contributed by atoms with Crippen LogP contribution in [0.1, 0.15) is 28.0 Å². The van der Waals surface area contributed by atoms with E-state index in [0.29, 0.717) is 30.2 Å². The molecule has 0 aliphatic heterocycles. The van der Waals surface area contributed by atoms with Crippen molar-refractivity contribution in [2.75, 3.05) is 12.3 Å². The molecule has 1 heterocycles. The van der Waals surface area contributed by atoms with Crippen LogP contribution in [-0.4, -0.2) is 17.5 Å². The van der Waals surface area contributed by atoms with Crippen LogP contribution in [0, 0.1) is 6.92 Å². The Morgan fingerprint density at radius 3 is 2.95 bits per heavy atom. The van der Waals surface area contributed by atoms with E-state index in [-0.39, 0.29) is 5.91 Å². The number of nitrogen functional groups attached to an aromatic ring is 1. The second-order valence-corrected chi connectivity index (χ2v) is 5.16. The van der Waals surface area contributed by atoms with Gasteiger partial charge in [-0.15, -0.1) is 11.3 Å². The summed E-state index contributed by atoms with van der Waals surface area (Å²) in [6, 6.07) is 5.19. The minimum atomic E-state index is -0.251. The summed E-state index contributed by atoms with van der Waals surface area (Å²) in [5.41, 5.74) is 7.61. The maximum absolute atomic E-state index is 12.2. The smallest absolute Gasteiger partial charge is 0.257 e. The number of carbonyl (C=O) groups is 1. The molecule has 2 aromatic rings. The van der Waals surface area contributed by atoms with E-state index >= 15 is 0 Å². The molecule has 106 valence electrons. The molecule has 0 fully saturated rings. The van der Waals surface area contributed by atoms with E-state index < -0.39 is 0 Å². The number of carbonyl (C=O) groups excluding carboxylic acids is 1. The summed E-state index contributed by atoms with van der Waals surface area (Å²) < 4.78 is 5.44. The number of nitrogens with two attached hydrogens (primary N) is 1. The molecule has 0 bridgehead atoms. The SMILES string of the molecule is CCOc1cccc(N)c1C(=O)NCc1nc(C)cs1. The van der Waals surface area contributed by atoms with Gasteiger partial charge in [0.25, 0.3) is 5.91 Å². The van der Waals surface area contributed by atoms with Crippen LogP contribution < -0.4 is 15.8 Å². The maximum atomic E-state index is 12.2. The standard InChI is InChI=1S/C14H17N3O2S/c1-3-19-11-6-4-5-10(15)13(11)14(18)16-7-12-17-9(2)8-20-12/h4-6,8H,3,7,15H2,1-2H3,(H,16,18). The number of benzene rings is 1. The highest BCUT2D eigenvalue weighted by Gasteiger charge is 2.16. The third-order valence-corrected chi connectivity index (χ3v) is 3.62. The second kappa shape index (κ2) is 6.38. The van der Waals surface area contributed by atoms with E-state index in [1.54, 1.807) is 18.2 Å². The third-order valence-electron chi connectivity index (χ3n) is 2.65. The van der Waals surface area contributed by atoms with Crippen molar-refractivity contribution in [3.05, 3.63) is 39.8 Å². The summed E-state index contributed by atoms with van der Waals surface area (Å²) in [6.45, 7) is 4.65. The molecule has 5 nitrogen and oxygen atoms in total. The molecular weight excluding hydrogens is 274 g/mol. The fourth-order valence-electron chi connectivity index (χ4n) is 1.80. The molecule has 0 spiro atoms. The first-order chi connectivity index (χ1) is 9.61. The Labute approximate surface area is 121 Å². The van der Waals surface area contributed by atoms with Crippen molar-refractivity contribution in [3.8, 4) is 5.75 Å². The summed E-state index contributed by atoms with van der Waals surface area (Å²) >= 11 is 1.52. The highest BCUT2D eigenvalue weighted by atomic mass is 32.1. The Morgan fingerprint density at radius 2 is 2.30 bits per heavy atom. The van der Waals surface area contributed by atoms with Gasteiger partial charge in [0.1, 0.15) is 16.3 Å². The van der Waals surface area contributed by atoms with Gasteiger partial charge in [-0.3, -0.25) is 4.79 Å². The predicted molar refractivity (Wildman–Crippen MR) is 80.0 cm³/mol. The molecule has 0 radical (unpaired) electrons. The minimum Gasteiger partial charge on any atom is -0.493 e. The zero-order valence-electron chi connectivity index (χ0n) is 11.5. The summed E-state index contributed by atoms with van der Waals surface area (Å²) in [6.07, 6.45) is 0. The number of nitrogens with zero attached hydrogens (tertiary/aromatic N) is 1. The van der Waals surface area contributed by atoms with E-state index in [9.17, 15) is 4.79 Å². The van der Waals surface area contributed by atoms with Crippen LogP contribution in [0.4, 0.5) is 5.69 Å². The first-order valence-corrected chi connectivity index (χ1v) is 7.20. The van der Waals surface area contributed by atoms with E-state index in [1.807, 2.05) is 19.2 Å². The summed E-state index contributed by atoms with van der Waals surface area (Å²) in [7, 11) is 0. The Morgan fingerprint density at radius 1 is 1.50 bits per heavy atom. The van der Waals surface area contributed by atoms with Gasteiger partial charge in [-0.2, -0.15) is 0 Å². The number of nitrogens with one attached hydrogen (secondary N) is 1. The van der Waals surface area contributed by atoms with Gasteiger partial charge in [0.2, 0.25) is 0 Å². The van der Waals surface area contributed by atoms with Crippen LogP contribution in [0.2, 0.25) is 0 Å². The number of rotatable bonds is 5. The van der Waals surface area contributed by atoms with Gasteiger partial charge in [0.05, 0.1) is 13.2 Å². The molecule has 0 aliphatic carbocycles. The van der Waals surface area contributed by atoms with Crippen LogP contribution in [-0.2, 0) is 6.54 Å². The van der Waals surface area contributed by atoms with Crippen molar-refractivity contribution in [1.29, 1.82) is 0 Å². The lowest BCUT2D eigenvalue weighted by atomic mass is 10.1. The lowest BCUT2D eigenvalue weighted by Gasteiger charge is -2.12. The zero-order chi connectivity index (χ0) is 14.5. The van der Waals surface area contributed by atoms with Crippen molar-refractivity contribution in [2.45, 2.75) is 20.4 Å². The number of hydrogen-bond acceptors (Lipinski definition) is 5. The number of ether oxygens (including phenoxy) is 1. The molecule has 6 heteroatoms. The second-order valence-electron chi connectivity index (χ2n) is 4.22. The Balaban J connectivity index is 2.12. The van der Waals surface area contributed by atoms with E-state index in [0.717, 1.165) is 10.7 Å². The fourth-order valence-corrected chi connectivity index (χ4v) is 2.51. The number of aromatic nitrogens is 1. The van der Waals surface area contributed by atoms with Gasteiger partial charge in [0.15, 0.2) is 0 Å². The molecule has 0 saturated carbocycles. The normalized spacial score (nSPS) is 10.3. The molecule has 1 amide bonds. The zero-order valence-corrected chi connectivity index (χ0v) is 12.3. The lowest BCUT2D eigenvalue weighted by Crippen LogP contribution is -2.24. The first-order valence-electron chi connectivity index (χ1n) is 6.32. The molecule has 2 rings (SSSR count). The van der Waals surface area contributed by atoms with E-state index in [2.05, 4.69) is 10.3 Å². The summed E-state index contributed by atoms with van der Waals surface area (Å²) in [5.74, 6) is 0.250. The number of thiazole rings is 1. The molecule has 1 aromatic heterocycles. The van der Waals surface area contributed by atoms with E-state index in [1.165, 1.54) is 11.3 Å². The number of amides is 1. The monoisotopic (exact) mass is 291 g/mol. The largest absolute Gasteiger partial charge is 0.493 e. The minimum absolute atomic E-state index is 0.251. The van der Waals surface area contributed by atoms with Crippen molar-refractivity contribution < 1.29 is 9.53 Å². The average molecular weight is 291 g/mol. The van der Waals surface area contributed by atoms with Crippen molar-refractivity contribution >= 4 is 22.9 Å². The quantitative estimate of drug-likeness (QED) is 0.829. The van der Waals surface area contributed by atoms with Gasteiger partial charge in [-0.05, 0) is 26.0 Å². The molecular formula is C14H17N3O2S. The van der Waals surface area contributed by atoms with Crippen LogP contribution in [0.25, 0.3) is 0 Å². The number of hydrogen-bond donors (Lipinski definition) is 2. The summed E-state index contributed by atoms with van der Waals surface area (Å²) in [4.78, 5) is 16.5. The Kier molecular flexibility index (Phi) is 4.57. The van der Waals surface area contributed by atoms with Crippen molar-refractivity contribution in [1.82, 2.24) is 10.3 Å². The highest BCUT2D eigenvalue weighted by Crippen LogP contribution is 2.24. The van der Waals surface area contributed by atoms with Crippen LogP contribution in [0.15, 0.2) is 23.6 Å². The van der Waals surface area contributed by atoms with Crippen LogP contribution in [0.5, 0.6) is 5.75 Å². The lowest BCUT2D eigenvalue weighted by molar-refractivity contribution is 0.0948. The molecule has 3 N–H and O–H groups in total. The fraction of sp³-hybridized carbons (Fsp3) is 0.286. The van der Waals surface area contributed by atoms with Crippen LogP contribution >= 0.6 is 11.3 Å². The number of anilines is 1. The molecule has 0 saturated heterocycles. The topological polar surface area (TPSA) is 77.2 Å². The molecule has 0 aliphatic rings. The van der Waals surface area contributed by atoms with Gasteiger partial charge < -0.3 is 15.8 Å². The van der Waals surface area contributed by atoms with Crippen LogP contribution in [0.3, 0.4) is 0 Å². The summed E-state index contributed by atoms with van der Waals surface area (Å²) in [5, 5.41) is 5.63. The molecule has 0 atom stereocenters. The Bertz CT molecular complexity index is 610. The maximum Gasteiger partial charge on any atom is 0.257 e. The molecule has 20 heavy (non-hydrogen) atoms. The van der Waals surface area contributed by atoms with Gasteiger partial charge in [-0.1, -0.05) is 6.07 Å². The molecule has 0 unspecified atom stereocenters. The van der Waals surface area contributed by atoms with Crippen molar-refractivity contribution in [3.63, 3.8) is 0 Å². The molecule has 1 aromatic carbocycles. The predicted octanol–water partition coefficient (Wildman–Crippen LogP) is 2.36. The van der Waals surface area contributed by atoms with Gasteiger partial charge in [-0.25, -0.2) is 4.98 Å². The number of aryl methyl sites for hydroxylation is 1. The van der Waals surface area contributed by atoms with Crippen molar-refractivity contribution in [2.24, 2.45) is 0 Å². The van der Waals surface area contributed by atoms with E-state index in [4.69, 9.17) is 10.5 Å². The van der Waals surface area contributed by atoms with Gasteiger partial charge >= 0.3 is 0 Å². The van der Waals surface area contributed by atoms with Gasteiger partial charge in [0, 0.05) is 16.8 Å². The average Bonchev–Trinajstić information content (AvgIpc) is 2.82. The third kappa shape index (κ3) is 3.27. The highest BCUT2D eigenvalue weighted by molar-refractivity contribution is 7.09. The Hall–Kier alpha value is -2.08. The first kappa shape index (κ1) is 14.3.